The van der Waals surface area contributed by atoms with E-state index < -0.39 is 10.9 Å². The summed E-state index contributed by atoms with van der Waals surface area (Å²) in [4.78, 5) is 26.9. The van der Waals surface area contributed by atoms with E-state index >= 15 is 0 Å². The van der Waals surface area contributed by atoms with Gasteiger partial charge in [-0.25, -0.2) is 9.79 Å². The number of hydrogen-bond acceptors (Lipinski definition) is 6. The van der Waals surface area contributed by atoms with E-state index in [0.29, 0.717) is 5.56 Å². The summed E-state index contributed by atoms with van der Waals surface area (Å²) in [6.45, 7) is 0. The number of halogens is 1. The van der Waals surface area contributed by atoms with Crippen LogP contribution in [0, 0.1) is 10.1 Å². The Hall–Kier alpha value is -2.51. The fourth-order valence-electron chi connectivity index (χ4n) is 1.83. The molecule has 1 aliphatic heterocycles. The van der Waals surface area contributed by atoms with E-state index in [9.17, 15) is 14.9 Å². The molecule has 3 rings (SSSR count). The fourth-order valence-corrected chi connectivity index (χ4v) is 2.67. The van der Waals surface area contributed by atoms with Crippen LogP contribution in [0.15, 0.2) is 46.4 Å². The second-order valence-electron chi connectivity index (χ2n) is 4.28. The van der Waals surface area contributed by atoms with E-state index in [2.05, 4.69) is 4.99 Å². The lowest BCUT2D eigenvalue weighted by Gasteiger charge is -1.97. The maximum Gasteiger partial charge on any atom is 0.363 e. The maximum absolute atomic E-state index is 11.8. The molecule has 0 N–H and O–H groups in total. The number of thiophene rings is 1. The van der Waals surface area contributed by atoms with Gasteiger partial charge in [0.2, 0.25) is 5.90 Å². The van der Waals surface area contributed by atoms with Crippen molar-refractivity contribution >= 4 is 46.6 Å². The van der Waals surface area contributed by atoms with Gasteiger partial charge in [-0.1, -0.05) is 23.7 Å². The zero-order chi connectivity index (χ0) is 15.7. The van der Waals surface area contributed by atoms with Crippen molar-refractivity contribution in [3.8, 4) is 0 Å². The molecule has 8 heteroatoms. The van der Waals surface area contributed by atoms with Gasteiger partial charge in [0.25, 0.3) is 5.69 Å². The highest BCUT2D eigenvalue weighted by atomic mass is 35.5. The molecule has 6 nitrogen and oxygen atoms in total. The summed E-state index contributed by atoms with van der Waals surface area (Å²) < 4.78 is 5.09. The van der Waals surface area contributed by atoms with Crippen molar-refractivity contribution in [1.82, 2.24) is 0 Å². The van der Waals surface area contributed by atoms with Gasteiger partial charge in [-0.2, -0.15) is 0 Å². The average Bonchev–Trinajstić information content (AvgIpc) is 3.11. The van der Waals surface area contributed by atoms with E-state index in [1.807, 2.05) is 11.4 Å². The fraction of sp³-hybridized carbons (Fsp3) is 0. The van der Waals surface area contributed by atoms with Crippen LogP contribution in [0.3, 0.4) is 0 Å². The largest absolute Gasteiger partial charge is 0.401 e. The molecule has 110 valence electrons. The van der Waals surface area contributed by atoms with Crippen molar-refractivity contribution in [2.24, 2.45) is 4.99 Å². The molecule has 0 unspecified atom stereocenters. The third kappa shape index (κ3) is 2.76. The number of carbonyl (C=O) groups excluding carboxylic acids is 1. The topological polar surface area (TPSA) is 81.8 Å². The van der Waals surface area contributed by atoms with Gasteiger partial charge in [0, 0.05) is 6.07 Å². The van der Waals surface area contributed by atoms with Crippen LogP contribution in [0.1, 0.15) is 10.4 Å². The van der Waals surface area contributed by atoms with Crippen LogP contribution in [-0.4, -0.2) is 16.8 Å². The lowest BCUT2D eigenvalue weighted by Crippen LogP contribution is -2.03. The zero-order valence-electron chi connectivity index (χ0n) is 10.9. The van der Waals surface area contributed by atoms with Gasteiger partial charge >= 0.3 is 5.97 Å². The van der Waals surface area contributed by atoms with Crippen LogP contribution in [0.25, 0.3) is 6.08 Å². The standard InChI is InChI=1S/C14H7ClN2O4S/c15-9-4-3-8(7-11(9)17(19)20)6-10-14(18)21-13(16-10)12-2-1-5-22-12/h1-7H/b10-6-. The van der Waals surface area contributed by atoms with Crippen LogP contribution in [0.2, 0.25) is 5.02 Å². The third-order valence-electron chi connectivity index (χ3n) is 2.82. The van der Waals surface area contributed by atoms with Crippen molar-refractivity contribution in [3.05, 3.63) is 67.0 Å². The van der Waals surface area contributed by atoms with Crippen molar-refractivity contribution < 1.29 is 14.5 Å². The van der Waals surface area contributed by atoms with Gasteiger partial charge in [0.05, 0.1) is 9.80 Å². The number of rotatable bonds is 3. The Morgan fingerprint density at radius 2 is 2.18 bits per heavy atom. The van der Waals surface area contributed by atoms with Gasteiger partial charge < -0.3 is 4.74 Å². The smallest absolute Gasteiger partial charge is 0.363 e. The molecule has 0 radical (unpaired) electrons. The summed E-state index contributed by atoms with van der Waals surface area (Å²) >= 11 is 7.14. The summed E-state index contributed by atoms with van der Waals surface area (Å²) in [6.07, 6.45) is 1.42. The van der Waals surface area contributed by atoms with E-state index in [0.717, 1.165) is 4.88 Å². The minimum atomic E-state index is -0.596. The summed E-state index contributed by atoms with van der Waals surface area (Å²) in [5, 5.41) is 12.7. The number of aliphatic imine (C=N–C) groups is 1. The summed E-state index contributed by atoms with van der Waals surface area (Å²) in [7, 11) is 0. The molecule has 0 saturated carbocycles. The Labute approximate surface area is 133 Å². The molecule has 0 saturated heterocycles. The van der Waals surface area contributed by atoms with Gasteiger partial charge in [-0.3, -0.25) is 10.1 Å². The van der Waals surface area contributed by atoms with Crippen molar-refractivity contribution in [2.45, 2.75) is 0 Å². The molecule has 0 bridgehead atoms. The molecule has 0 atom stereocenters. The van der Waals surface area contributed by atoms with Gasteiger partial charge in [-0.15, -0.1) is 11.3 Å². The highest BCUT2D eigenvalue weighted by Crippen LogP contribution is 2.27. The highest BCUT2D eigenvalue weighted by molar-refractivity contribution is 7.12. The quantitative estimate of drug-likeness (QED) is 0.371. The summed E-state index contributed by atoms with van der Waals surface area (Å²) in [5.41, 5.74) is 0.295. The minimum Gasteiger partial charge on any atom is -0.401 e. The first-order valence-electron chi connectivity index (χ1n) is 6.05. The summed E-state index contributed by atoms with van der Waals surface area (Å²) in [5.74, 6) is -0.365. The Balaban J connectivity index is 1.97. The van der Waals surface area contributed by atoms with E-state index in [1.165, 1.54) is 29.5 Å². The first-order valence-corrected chi connectivity index (χ1v) is 7.31. The first kappa shape index (κ1) is 14.4. The average molecular weight is 335 g/mol. The molecule has 1 aromatic heterocycles. The molecule has 2 aromatic rings. The lowest BCUT2D eigenvalue weighted by molar-refractivity contribution is -0.384. The molecular formula is C14H7ClN2O4S. The van der Waals surface area contributed by atoms with Gasteiger partial charge in [0.1, 0.15) is 5.02 Å². The number of cyclic esters (lactones) is 1. The molecular weight excluding hydrogens is 328 g/mol. The van der Waals surface area contributed by atoms with Crippen molar-refractivity contribution in [1.29, 1.82) is 0 Å². The number of nitro benzene ring substituents is 1. The third-order valence-corrected chi connectivity index (χ3v) is 4.00. The summed E-state index contributed by atoms with van der Waals surface area (Å²) in [6, 6.07) is 7.85. The molecule has 0 amide bonds. The van der Waals surface area contributed by atoms with Crippen LogP contribution >= 0.6 is 22.9 Å². The number of esters is 1. The molecule has 0 spiro atoms. The number of hydrogen-bond donors (Lipinski definition) is 0. The Kier molecular flexibility index (Phi) is 3.74. The van der Waals surface area contributed by atoms with Crippen LogP contribution < -0.4 is 0 Å². The van der Waals surface area contributed by atoms with Crippen LogP contribution in [-0.2, 0) is 9.53 Å². The number of ether oxygens (including phenoxy) is 1. The Morgan fingerprint density at radius 3 is 2.86 bits per heavy atom. The van der Waals surface area contributed by atoms with E-state index in [-0.39, 0.29) is 22.3 Å². The number of carbonyl (C=O) groups is 1. The molecule has 0 aliphatic carbocycles. The zero-order valence-corrected chi connectivity index (χ0v) is 12.4. The SMILES string of the molecule is O=C1OC(c2cccs2)=N/C1=C\c1ccc(Cl)c([N+](=O)[O-])c1. The number of benzene rings is 1. The molecule has 22 heavy (non-hydrogen) atoms. The monoisotopic (exact) mass is 334 g/mol. The van der Waals surface area contributed by atoms with Crippen LogP contribution in [0.4, 0.5) is 5.69 Å². The highest BCUT2D eigenvalue weighted by Gasteiger charge is 2.25. The predicted molar refractivity (Wildman–Crippen MR) is 83.0 cm³/mol. The number of nitro groups is 1. The molecule has 1 aliphatic rings. The number of nitrogens with zero attached hydrogens (tertiary/aromatic N) is 2. The maximum atomic E-state index is 11.8. The second kappa shape index (κ2) is 5.70. The lowest BCUT2D eigenvalue weighted by atomic mass is 10.1. The molecule has 2 heterocycles. The van der Waals surface area contributed by atoms with Crippen molar-refractivity contribution in [2.75, 3.05) is 0 Å². The van der Waals surface area contributed by atoms with Crippen LogP contribution in [0.5, 0.6) is 0 Å². The minimum absolute atomic E-state index is 0.0314. The van der Waals surface area contributed by atoms with Crippen molar-refractivity contribution in [3.63, 3.8) is 0 Å². The predicted octanol–water partition coefficient (Wildman–Crippen LogP) is 3.65. The Bertz CT molecular complexity index is 827. The first-order chi connectivity index (χ1) is 10.5. The Morgan fingerprint density at radius 1 is 1.36 bits per heavy atom. The molecule has 1 aromatic carbocycles. The normalized spacial score (nSPS) is 15.8. The van der Waals surface area contributed by atoms with E-state index in [4.69, 9.17) is 16.3 Å². The van der Waals surface area contributed by atoms with Gasteiger partial charge in [0.15, 0.2) is 5.70 Å². The molecule has 0 fully saturated rings. The van der Waals surface area contributed by atoms with E-state index in [1.54, 1.807) is 12.1 Å². The van der Waals surface area contributed by atoms with Gasteiger partial charge in [-0.05, 0) is 29.2 Å². The second-order valence-corrected chi connectivity index (χ2v) is 5.64.